The summed E-state index contributed by atoms with van der Waals surface area (Å²) in [5.74, 6) is -16.4. The fourth-order valence-corrected chi connectivity index (χ4v) is 17.6. The number of amides is 12. The number of carbonyl (C=O) groups excluding carboxylic acids is 16. The highest BCUT2D eigenvalue weighted by Crippen LogP contribution is 2.30. The fourth-order valence-electron chi connectivity index (χ4n) is 15.5. The number of ketones is 3. The number of phenols is 2. The number of rotatable bonds is 25. The summed E-state index contributed by atoms with van der Waals surface area (Å²) in [4.78, 5) is 241. The lowest BCUT2D eigenvalue weighted by Crippen LogP contribution is -2.59. The Morgan fingerprint density at radius 3 is 1.63 bits per heavy atom. The van der Waals surface area contributed by atoms with E-state index in [0.717, 1.165) is 36.5 Å². The molecule has 0 bridgehead atoms. The lowest BCUT2D eigenvalue weighted by atomic mass is 9.84. The van der Waals surface area contributed by atoms with Gasteiger partial charge in [0.05, 0.1) is 30.8 Å². The summed E-state index contributed by atoms with van der Waals surface area (Å²) in [5.41, 5.74) is 8.64. The van der Waals surface area contributed by atoms with Crippen molar-refractivity contribution in [2.24, 2.45) is 29.4 Å². The van der Waals surface area contributed by atoms with Crippen molar-refractivity contribution in [2.75, 3.05) is 66.4 Å². The molecule has 2 heterocycles. The molecule has 0 radical (unpaired) electrons. The average molecular weight is 1840 g/mol. The topological polar surface area (TPSA) is 437 Å². The van der Waals surface area contributed by atoms with E-state index in [1.54, 1.807) is 124 Å². The maximum Gasteiger partial charge on any atom is 0.293 e. The molecule has 34 heteroatoms. The van der Waals surface area contributed by atoms with Crippen molar-refractivity contribution in [3.63, 3.8) is 0 Å². The molecule has 31 nitrogen and oxygen atoms in total. The van der Waals surface area contributed by atoms with Gasteiger partial charge in [0.15, 0.2) is 11.6 Å². The highest BCUT2D eigenvalue weighted by Gasteiger charge is 2.42. The van der Waals surface area contributed by atoms with Gasteiger partial charge in [-0.25, -0.2) is 0 Å². The Bertz CT molecular complexity index is 5100. The Kier molecular flexibility index (Phi) is 40.1. The number of fused-ring (bicyclic) bond motifs is 1. The number of hydrogen-bond acceptors (Lipinski definition) is 21. The molecular formula is C96H119ClN12O19S2. The van der Waals surface area contributed by atoms with E-state index in [4.69, 9.17) is 22.1 Å². The van der Waals surface area contributed by atoms with Gasteiger partial charge in [0, 0.05) is 121 Å². The molecule has 0 unspecified atom stereocenters. The lowest BCUT2D eigenvalue weighted by Gasteiger charge is -2.37. The number of primary amides is 1. The van der Waals surface area contributed by atoms with E-state index in [2.05, 4.69) is 31.9 Å². The molecule has 0 aliphatic carbocycles. The summed E-state index contributed by atoms with van der Waals surface area (Å²) in [6.45, 7) is 6.86. The maximum absolute atomic E-state index is 15.6. The summed E-state index contributed by atoms with van der Waals surface area (Å²) >= 11 is 8.74. The molecule has 1 saturated heterocycles. The van der Waals surface area contributed by atoms with Crippen molar-refractivity contribution in [1.82, 2.24) is 56.4 Å². The van der Waals surface area contributed by atoms with Crippen molar-refractivity contribution in [1.29, 1.82) is 0 Å². The number of aromatic hydroxyl groups is 2. The number of benzene rings is 6. The maximum atomic E-state index is 15.6. The van der Waals surface area contributed by atoms with Gasteiger partial charge in [0.1, 0.15) is 72.2 Å². The molecule has 1 aromatic heterocycles. The van der Waals surface area contributed by atoms with Crippen LogP contribution in [0.4, 0.5) is 0 Å². The molecule has 8 rings (SSSR count). The molecule has 11 atom stereocenters. The molecule has 696 valence electrons. The van der Waals surface area contributed by atoms with E-state index in [0.29, 0.717) is 51.2 Å². The fraction of sp³-hybridized carbons (Fsp3) is 0.438. The van der Waals surface area contributed by atoms with Crippen LogP contribution >= 0.6 is 34.7 Å². The SMILES string of the molecule is CCCC[C@H]1C(=O)N(C)CC(=O)C[C@@H](COC=O)C(=O)C[C@@H](C(C)C)C(=O)N(C)[C@@H](Cc2ccccc2)C(=O)N[C@@H](Cc2ccc(O)cc2)C(=O)N(C)CC(=O)N[C@@H](Cc2csc3ccccc23)C(=O)N[C@@H](Cc2ccc(O)cc2)C(=O)N[C@@H](CC(C)C)C(=O)N[C@H](C(=O)CCC(N)=O)CSCC(=O)N[C@@H](Cc2cccc(Cl)c2)C(=O)N(C)[C@@H](Cc2ccccc2)C(=O)N1C. The van der Waals surface area contributed by atoms with Crippen LogP contribution in [-0.2, 0) is 120 Å². The quantitative estimate of drug-likeness (QED) is 0.0265. The van der Waals surface area contributed by atoms with Crippen LogP contribution < -0.4 is 37.6 Å². The Labute approximate surface area is 770 Å². The predicted octanol–water partition coefficient (Wildman–Crippen LogP) is 6.83. The number of thioether (sulfide) groups is 1. The van der Waals surface area contributed by atoms with Crippen molar-refractivity contribution < 1.29 is 91.7 Å². The zero-order valence-electron chi connectivity index (χ0n) is 74.9. The number of nitrogens with zero attached hydrogens (tertiary/aromatic N) is 5. The third kappa shape index (κ3) is 31.2. The van der Waals surface area contributed by atoms with Gasteiger partial charge in [0.2, 0.25) is 70.9 Å². The van der Waals surface area contributed by atoms with E-state index >= 15 is 43.2 Å². The van der Waals surface area contributed by atoms with Crippen LogP contribution in [0.2, 0.25) is 5.02 Å². The largest absolute Gasteiger partial charge is 0.508 e. The summed E-state index contributed by atoms with van der Waals surface area (Å²) in [5, 5.41) is 40.4. The van der Waals surface area contributed by atoms with Crippen molar-refractivity contribution in [2.45, 2.75) is 179 Å². The molecule has 1 aliphatic rings. The first kappa shape index (κ1) is 103. The Morgan fingerprint density at radius 2 is 1.04 bits per heavy atom. The minimum atomic E-state index is -1.57. The first-order chi connectivity index (χ1) is 61.9. The predicted molar refractivity (Wildman–Crippen MR) is 494 cm³/mol. The van der Waals surface area contributed by atoms with Gasteiger partial charge < -0.3 is 77.1 Å². The van der Waals surface area contributed by atoms with Crippen LogP contribution in [0.3, 0.4) is 0 Å². The molecule has 12 amide bonds. The second-order valence-corrected chi connectivity index (χ2v) is 36.2. The molecule has 0 spiro atoms. The van der Waals surface area contributed by atoms with E-state index in [-0.39, 0.29) is 81.0 Å². The monoisotopic (exact) mass is 1840 g/mol. The number of ether oxygens (including phenoxy) is 1. The third-order valence-electron chi connectivity index (χ3n) is 22.9. The Balaban J connectivity index is 1.21. The number of Topliss-reactive ketones (excluding diaryl/α,β-unsaturated/α-hetero) is 3. The molecule has 1 fully saturated rings. The van der Waals surface area contributed by atoms with Crippen LogP contribution in [0.5, 0.6) is 11.5 Å². The van der Waals surface area contributed by atoms with Crippen molar-refractivity contribution in [3.05, 3.63) is 202 Å². The number of halogens is 1. The molecule has 1 aliphatic heterocycles. The Morgan fingerprint density at radius 1 is 0.523 bits per heavy atom. The number of likely N-dealkylation sites (N-methyl/N-ethyl adjacent to an activating group) is 5. The van der Waals surface area contributed by atoms with Gasteiger partial charge >= 0.3 is 0 Å². The smallest absolute Gasteiger partial charge is 0.293 e. The van der Waals surface area contributed by atoms with Gasteiger partial charge in [-0.1, -0.05) is 174 Å². The number of carbonyl (C=O) groups is 16. The molecule has 10 N–H and O–H groups in total. The van der Waals surface area contributed by atoms with Crippen molar-refractivity contribution in [3.8, 4) is 11.5 Å². The summed E-state index contributed by atoms with van der Waals surface area (Å²) in [6, 6.07) is 29.6. The normalized spacial score (nSPS) is 22.0. The minimum Gasteiger partial charge on any atom is -0.508 e. The van der Waals surface area contributed by atoms with Gasteiger partial charge in [-0.05, 0) is 111 Å². The number of hydrogen-bond donors (Lipinski definition) is 9. The van der Waals surface area contributed by atoms with Gasteiger partial charge in [0.25, 0.3) is 6.47 Å². The first-order valence-electron chi connectivity index (χ1n) is 43.3. The van der Waals surface area contributed by atoms with Crippen LogP contribution in [0, 0.1) is 23.7 Å². The number of nitrogens with two attached hydrogens (primary N) is 1. The molecular weight excluding hydrogens is 1720 g/mol. The first-order valence-corrected chi connectivity index (χ1v) is 45.7. The van der Waals surface area contributed by atoms with E-state index in [1.807, 2.05) is 25.1 Å². The Hall–Kier alpha value is -12.4. The van der Waals surface area contributed by atoms with Crippen LogP contribution in [0.1, 0.15) is 119 Å². The van der Waals surface area contributed by atoms with E-state index in [9.17, 15) is 43.8 Å². The number of phenolic OH excluding ortho intramolecular Hbond substituents is 2. The minimum absolute atomic E-state index is 0.0674. The number of thiophene rings is 1. The highest BCUT2D eigenvalue weighted by molar-refractivity contribution is 8.00. The summed E-state index contributed by atoms with van der Waals surface area (Å²) < 4.78 is 5.99. The second-order valence-electron chi connectivity index (χ2n) is 33.8. The van der Waals surface area contributed by atoms with E-state index in [1.165, 1.54) is 105 Å². The number of unbranched alkanes of at least 4 members (excludes halogenated alkanes) is 1. The van der Waals surface area contributed by atoms with Gasteiger partial charge in [-0.2, -0.15) is 0 Å². The second kappa shape index (κ2) is 50.6. The van der Waals surface area contributed by atoms with E-state index < -0.39 is 211 Å². The number of nitrogens with one attached hydrogen (secondary N) is 6. The molecule has 0 saturated carbocycles. The molecule has 130 heavy (non-hydrogen) atoms. The summed E-state index contributed by atoms with van der Waals surface area (Å²) in [6.07, 6.45) is -2.27. The average Bonchev–Trinajstić information content (AvgIpc) is 1.43. The van der Waals surface area contributed by atoms with Crippen molar-refractivity contribution >= 4 is 139 Å². The van der Waals surface area contributed by atoms with Crippen LogP contribution in [0.15, 0.2) is 163 Å². The molecule has 7 aromatic rings. The highest BCUT2D eigenvalue weighted by atomic mass is 35.5. The zero-order chi connectivity index (χ0) is 95.0. The van der Waals surface area contributed by atoms with Gasteiger partial charge in [-0.3, -0.25) is 76.7 Å². The van der Waals surface area contributed by atoms with Crippen LogP contribution in [0.25, 0.3) is 10.1 Å². The summed E-state index contributed by atoms with van der Waals surface area (Å²) in [7, 11) is 6.78. The molecule has 6 aromatic carbocycles. The third-order valence-corrected chi connectivity index (χ3v) is 25.1. The van der Waals surface area contributed by atoms with Gasteiger partial charge in [-0.15, -0.1) is 23.1 Å². The lowest BCUT2D eigenvalue weighted by molar-refractivity contribution is -0.151. The standard InChI is InChI=1S/C96H119ClN12O19S2/c1-11-12-29-79-95(126)105(6)51-70(113)48-65(53-128-57-110)83(115)50-72(59(4)5)92(123)108(9)80(46-60-22-15-13-16-23-60)91(122)103-76(44-63-33-37-69(112)38-34-63)93(124)106(7)52-86(117)99-75(49-66-54-130-84-30-20-19-28-71(66)84)90(121)102-74(43-62-31-35-68(111)36-32-62)89(120)101-73(41-58(2)3)88(119)104-78(82(114)39-40-85(98)116)55-129-56-87(118)100-77(45-64-26-21-27-67(97)42-64)94(125)109(10)81(96(127)107(79)8)47-61-24-17-14-18-25-61/h13-28,30-38,42,54,57-59,65,72-81,111-112H,11-12,29,39-41,43-53,55-56H2,1-10H3,(H2,98,116)(H,99,117)(H,100,118)(H,101,120)(H,102,121)(H,103,122)(H,104,119)/t65-,72-,73-,74-,75-,76-,77-,78-,79-,80-,81-/m0/s1. The van der Waals surface area contributed by atoms with Crippen LogP contribution in [-0.4, -0.2) is 250 Å². The zero-order valence-corrected chi connectivity index (χ0v) is 77.3.